The summed E-state index contributed by atoms with van der Waals surface area (Å²) in [7, 11) is -2.23. The number of fused-ring (bicyclic) bond motifs is 1. The Hall–Kier alpha value is -3.63. The van der Waals surface area contributed by atoms with E-state index in [1.54, 1.807) is 62.7 Å². The van der Waals surface area contributed by atoms with Crippen LogP contribution in [-0.2, 0) is 21.3 Å². The van der Waals surface area contributed by atoms with Crippen molar-refractivity contribution in [2.24, 2.45) is 0 Å². The molecule has 2 heterocycles. The van der Waals surface area contributed by atoms with Crippen LogP contribution in [0.4, 0.5) is 5.69 Å². The zero-order valence-corrected chi connectivity index (χ0v) is 19.1. The molecule has 0 atom stereocenters. The lowest BCUT2D eigenvalue weighted by molar-refractivity contribution is 0.146. The van der Waals surface area contributed by atoms with Gasteiger partial charge in [0, 0.05) is 19.0 Å². The molecule has 0 aliphatic heterocycles. The van der Waals surface area contributed by atoms with Crippen molar-refractivity contribution in [1.29, 1.82) is 0 Å². The molecule has 9 nitrogen and oxygen atoms in total. The van der Waals surface area contributed by atoms with Crippen LogP contribution in [-0.4, -0.2) is 42.9 Å². The van der Waals surface area contributed by atoms with Crippen LogP contribution < -0.4 is 15.1 Å². The second-order valence-corrected chi connectivity index (χ2v) is 9.13. The fourth-order valence-corrected chi connectivity index (χ4v) is 4.51. The number of aryl methyl sites for hydroxylation is 1. The molecule has 4 aromatic rings. The molecule has 0 spiro atoms. The molecule has 0 radical (unpaired) electrons. The van der Waals surface area contributed by atoms with Crippen molar-refractivity contribution < 1.29 is 17.9 Å². The minimum absolute atomic E-state index is 0.126. The summed E-state index contributed by atoms with van der Waals surface area (Å²) >= 11 is 0. The molecule has 0 aliphatic rings. The van der Waals surface area contributed by atoms with E-state index >= 15 is 0 Å². The number of methoxy groups -OCH3 is 1. The number of rotatable bonds is 9. The van der Waals surface area contributed by atoms with E-state index in [0.29, 0.717) is 35.9 Å². The van der Waals surface area contributed by atoms with Crippen molar-refractivity contribution in [1.82, 2.24) is 14.2 Å². The van der Waals surface area contributed by atoms with E-state index in [-0.39, 0.29) is 17.1 Å². The number of sulfonamides is 1. The van der Waals surface area contributed by atoms with Crippen molar-refractivity contribution in [3.05, 3.63) is 88.5 Å². The van der Waals surface area contributed by atoms with E-state index in [4.69, 9.17) is 9.47 Å². The quantitative estimate of drug-likeness (QED) is 0.379. The summed E-state index contributed by atoms with van der Waals surface area (Å²) in [5.41, 5.74) is 2.11. The Kier molecular flexibility index (Phi) is 6.47. The van der Waals surface area contributed by atoms with Gasteiger partial charge in [-0.3, -0.25) is 9.12 Å². The topological polar surface area (TPSA) is 104 Å². The Bertz CT molecular complexity index is 1440. The summed E-state index contributed by atoms with van der Waals surface area (Å²) in [6.07, 6.45) is 1.65. The monoisotopic (exact) mass is 468 g/mol. The van der Waals surface area contributed by atoms with Crippen LogP contribution in [0.25, 0.3) is 5.65 Å². The van der Waals surface area contributed by atoms with Crippen molar-refractivity contribution in [3.8, 4) is 5.75 Å². The van der Waals surface area contributed by atoms with Crippen molar-refractivity contribution in [2.75, 3.05) is 25.0 Å². The standard InChI is InChI=1S/C23H24N4O5S/c1-17-14-20(9-10-21(17)32-13-12-31-2)33(29,30)25-19-7-5-6-18(15-19)16-27-23(28)26-11-4-3-8-22(26)24-27/h3-11,14-15,25H,12-13,16H2,1-2H3. The molecule has 0 unspecified atom stereocenters. The van der Waals surface area contributed by atoms with Gasteiger partial charge in [-0.2, -0.15) is 0 Å². The maximum Gasteiger partial charge on any atom is 0.350 e. The third kappa shape index (κ3) is 5.07. The first-order chi connectivity index (χ1) is 15.9. The summed E-state index contributed by atoms with van der Waals surface area (Å²) in [6, 6.07) is 16.9. The molecule has 0 aliphatic carbocycles. The predicted octanol–water partition coefficient (Wildman–Crippen LogP) is 2.68. The van der Waals surface area contributed by atoms with Gasteiger partial charge in [-0.15, -0.1) is 5.10 Å². The second-order valence-electron chi connectivity index (χ2n) is 7.44. The molecule has 4 rings (SSSR count). The smallest absolute Gasteiger partial charge is 0.350 e. The van der Waals surface area contributed by atoms with Crippen LogP contribution in [0.15, 0.2) is 76.6 Å². The van der Waals surface area contributed by atoms with Gasteiger partial charge in [-0.05, 0) is 60.5 Å². The predicted molar refractivity (Wildman–Crippen MR) is 124 cm³/mol. The van der Waals surface area contributed by atoms with Crippen LogP contribution in [0, 0.1) is 6.92 Å². The fraction of sp³-hybridized carbons (Fsp3) is 0.217. The van der Waals surface area contributed by atoms with E-state index in [2.05, 4.69) is 9.82 Å². The lowest BCUT2D eigenvalue weighted by atomic mass is 10.2. The first-order valence-electron chi connectivity index (χ1n) is 10.3. The van der Waals surface area contributed by atoms with Gasteiger partial charge >= 0.3 is 5.69 Å². The number of aromatic nitrogens is 3. The Labute approximate surface area is 191 Å². The highest BCUT2D eigenvalue weighted by Gasteiger charge is 2.16. The lowest BCUT2D eigenvalue weighted by Gasteiger charge is -2.12. The highest BCUT2D eigenvalue weighted by Crippen LogP contribution is 2.24. The molecule has 0 amide bonds. The Morgan fingerprint density at radius 3 is 2.64 bits per heavy atom. The van der Waals surface area contributed by atoms with Crippen molar-refractivity contribution >= 4 is 21.4 Å². The molecule has 172 valence electrons. The summed E-state index contributed by atoms with van der Waals surface area (Å²) in [5.74, 6) is 0.603. The third-order valence-corrected chi connectivity index (χ3v) is 6.38. The number of nitrogens with one attached hydrogen (secondary N) is 1. The zero-order valence-electron chi connectivity index (χ0n) is 18.3. The molecule has 0 bridgehead atoms. The van der Waals surface area contributed by atoms with E-state index in [1.165, 1.54) is 15.1 Å². The normalized spacial score (nSPS) is 11.6. The van der Waals surface area contributed by atoms with E-state index in [9.17, 15) is 13.2 Å². The number of benzene rings is 2. The Morgan fingerprint density at radius 1 is 1.03 bits per heavy atom. The van der Waals surface area contributed by atoms with Crippen LogP contribution in [0.2, 0.25) is 0 Å². The van der Waals surface area contributed by atoms with Crippen molar-refractivity contribution in [3.63, 3.8) is 0 Å². The first-order valence-corrected chi connectivity index (χ1v) is 11.7. The fourth-order valence-electron chi connectivity index (χ4n) is 3.38. The van der Waals surface area contributed by atoms with Crippen LogP contribution in [0.3, 0.4) is 0 Å². The van der Waals surface area contributed by atoms with Gasteiger partial charge in [0.25, 0.3) is 10.0 Å². The van der Waals surface area contributed by atoms with E-state index < -0.39 is 10.0 Å². The van der Waals surface area contributed by atoms with Crippen LogP contribution >= 0.6 is 0 Å². The molecule has 2 aromatic carbocycles. The van der Waals surface area contributed by atoms with Gasteiger partial charge in [-0.1, -0.05) is 18.2 Å². The average molecular weight is 469 g/mol. The molecule has 0 saturated carbocycles. The summed E-state index contributed by atoms with van der Waals surface area (Å²) in [5, 5.41) is 4.31. The number of ether oxygens (including phenoxy) is 2. The number of anilines is 1. The highest BCUT2D eigenvalue weighted by molar-refractivity contribution is 7.92. The summed E-state index contributed by atoms with van der Waals surface area (Å²) in [4.78, 5) is 12.6. The zero-order chi connectivity index (χ0) is 23.4. The number of pyridine rings is 1. The molecule has 10 heteroatoms. The SMILES string of the molecule is COCCOc1ccc(S(=O)(=O)Nc2cccc(Cn3nc4ccccn4c3=O)c2)cc1C. The Balaban J connectivity index is 1.52. The maximum absolute atomic E-state index is 12.9. The summed E-state index contributed by atoms with van der Waals surface area (Å²) in [6.45, 7) is 2.82. The van der Waals surface area contributed by atoms with Gasteiger partial charge in [0.15, 0.2) is 5.65 Å². The molecule has 0 fully saturated rings. The van der Waals surface area contributed by atoms with Gasteiger partial charge in [-0.25, -0.2) is 17.9 Å². The minimum atomic E-state index is -3.81. The molecule has 2 aromatic heterocycles. The van der Waals surface area contributed by atoms with Gasteiger partial charge in [0.2, 0.25) is 0 Å². The first kappa shape index (κ1) is 22.6. The molecule has 1 N–H and O–H groups in total. The van der Waals surface area contributed by atoms with E-state index in [1.807, 2.05) is 12.1 Å². The largest absolute Gasteiger partial charge is 0.491 e. The lowest BCUT2D eigenvalue weighted by Crippen LogP contribution is -2.21. The number of hydrogen-bond acceptors (Lipinski definition) is 6. The molecule has 0 saturated heterocycles. The van der Waals surface area contributed by atoms with Gasteiger partial charge in [0.05, 0.1) is 18.0 Å². The number of nitrogens with zero attached hydrogens (tertiary/aromatic N) is 3. The van der Waals surface area contributed by atoms with Crippen LogP contribution in [0.5, 0.6) is 5.75 Å². The van der Waals surface area contributed by atoms with Gasteiger partial charge < -0.3 is 9.47 Å². The Morgan fingerprint density at radius 2 is 1.88 bits per heavy atom. The maximum atomic E-state index is 12.9. The molecular weight excluding hydrogens is 444 g/mol. The molecule has 33 heavy (non-hydrogen) atoms. The van der Waals surface area contributed by atoms with E-state index in [0.717, 1.165) is 5.56 Å². The second kappa shape index (κ2) is 9.47. The van der Waals surface area contributed by atoms with Crippen molar-refractivity contribution in [2.45, 2.75) is 18.4 Å². The molecular formula is C23H24N4O5S. The number of hydrogen-bond donors (Lipinski definition) is 1. The summed E-state index contributed by atoms with van der Waals surface area (Å²) < 4.78 is 41.8. The van der Waals surface area contributed by atoms with Gasteiger partial charge in [0.1, 0.15) is 12.4 Å². The highest BCUT2D eigenvalue weighted by atomic mass is 32.2. The average Bonchev–Trinajstić information content (AvgIpc) is 3.10. The van der Waals surface area contributed by atoms with Crippen LogP contribution in [0.1, 0.15) is 11.1 Å². The minimum Gasteiger partial charge on any atom is -0.491 e. The third-order valence-electron chi connectivity index (χ3n) is 5.00.